The average molecular weight is 338 g/mol. The van der Waals surface area contributed by atoms with Crippen LogP contribution < -0.4 is 10.1 Å². The summed E-state index contributed by atoms with van der Waals surface area (Å²) in [4.78, 5) is 25.8. The van der Waals surface area contributed by atoms with E-state index in [9.17, 15) is 9.59 Å². The van der Waals surface area contributed by atoms with Gasteiger partial charge in [0.25, 0.3) is 5.91 Å². The highest BCUT2D eigenvalue weighted by molar-refractivity contribution is 6.04. The number of nitrogens with zero attached hydrogens (tertiary/aromatic N) is 1. The highest BCUT2D eigenvalue weighted by atomic mass is 16.5. The van der Waals surface area contributed by atoms with Crippen LogP contribution in [0.15, 0.2) is 54.6 Å². The summed E-state index contributed by atoms with van der Waals surface area (Å²) in [6.07, 6.45) is 1.12. The summed E-state index contributed by atoms with van der Waals surface area (Å²) < 4.78 is 5.67. The monoisotopic (exact) mass is 338 g/mol. The quantitative estimate of drug-likeness (QED) is 0.624. The molecule has 1 aliphatic heterocycles. The Morgan fingerprint density at radius 2 is 1.88 bits per heavy atom. The van der Waals surface area contributed by atoms with Crippen LogP contribution in [-0.2, 0) is 11.2 Å². The van der Waals surface area contributed by atoms with Crippen LogP contribution >= 0.6 is 0 Å². The number of aryl methyl sites for hydroxylation is 1. The van der Waals surface area contributed by atoms with E-state index in [1.165, 1.54) is 4.90 Å². The second kappa shape index (κ2) is 7.83. The third kappa shape index (κ3) is 4.38. The molecule has 3 amide bonds. The number of benzene rings is 2. The van der Waals surface area contributed by atoms with Gasteiger partial charge in [-0.15, -0.1) is 0 Å². The van der Waals surface area contributed by atoms with Gasteiger partial charge in [0.2, 0.25) is 0 Å². The molecular weight excluding hydrogens is 316 g/mol. The molecule has 1 fully saturated rings. The predicted molar refractivity (Wildman–Crippen MR) is 95.5 cm³/mol. The van der Waals surface area contributed by atoms with Crippen LogP contribution in [0, 0.1) is 6.92 Å². The van der Waals surface area contributed by atoms with E-state index in [0.29, 0.717) is 26.0 Å². The maximum Gasteiger partial charge on any atom is 0.324 e. The average Bonchev–Trinajstić information content (AvgIpc) is 2.87. The first-order valence-electron chi connectivity index (χ1n) is 8.49. The standard InChI is InChI=1S/C20H22N2O3/c1-15-7-5-10-17(13-15)25-12-6-11-22-19(23)18(21-20(22)24)14-16-8-3-2-4-9-16/h2-5,7-10,13,18H,6,11-12,14H2,1H3,(H,21,24). The molecule has 1 N–H and O–H groups in total. The van der Waals surface area contributed by atoms with Crippen LogP contribution in [0.5, 0.6) is 5.75 Å². The Bertz CT molecular complexity index is 746. The number of amides is 3. The zero-order valence-corrected chi connectivity index (χ0v) is 14.3. The summed E-state index contributed by atoms with van der Waals surface area (Å²) in [6, 6.07) is 16.7. The zero-order chi connectivity index (χ0) is 17.6. The Balaban J connectivity index is 1.47. The fourth-order valence-electron chi connectivity index (χ4n) is 2.89. The Labute approximate surface area is 147 Å². The molecule has 2 aromatic rings. The minimum atomic E-state index is -0.479. The Kier molecular flexibility index (Phi) is 5.33. The maximum atomic E-state index is 12.4. The summed E-state index contributed by atoms with van der Waals surface area (Å²) in [5.74, 6) is 0.642. The number of hydrogen-bond donors (Lipinski definition) is 1. The molecule has 130 valence electrons. The molecule has 0 aromatic heterocycles. The van der Waals surface area contributed by atoms with Crippen molar-refractivity contribution in [1.29, 1.82) is 0 Å². The zero-order valence-electron chi connectivity index (χ0n) is 14.3. The lowest BCUT2D eigenvalue weighted by atomic mass is 10.1. The summed E-state index contributed by atoms with van der Waals surface area (Å²) in [5.41, 5.74) is 2.17. The highest BCUT2D eigenvalue weighted by Crippen LogP contribution is 2.14. The van der Waals surface area contributed by atoms with Gasteiger partial charge < -0.3 is 10.1 Å². The van der Waals surface area contributed by atoms with E-state index in [4.69, 9.17) is 4.74 Å². The van der Waals surface area contributed by atoms with Crippen LogP contribution in [0.4, 0.5) is 4.79 Å². The highest BCUT2D eigenvalue weighted by Gasteiger charge is 2.37. The van der Waals surface area contributed by atoms with Gasteiger partial charge in [-0.1, -0.05) is 42.5 Å². The molecule has 3 rings (SSSR count). The van der Waals surface area contributed by atoms with E-state index in [0.717, 1.165) is 16.9 Å². The third-order valence-corrected chi connectivity index (χ3v) is 4.17. The van der Waals surface area contributed by atoms with Crippen LogP contribution in [0.2, 0.25) is 0 Å². The molecule has 1 aliphatic rings. The molecule has 1 atom stereocenters. The van der Waals surface area contributed by atoms with Gasteiger partial charge in [0, 0.05) is 13.0 Å². The van der Waals surface area contributed by atoms with E-state index < -0.39 is 6.04 Å². The van der Waals surface area contributed by atoms with Gasteiger partial charge in [-0.25, -0.2) is 4.79 Å². The third-order valence-electron chi connectivity index (χ3n) is 4.17. The lowest BCUT2D eigenvalue weighted by Crippen LogP contribution is -2.33. The number of ether oxygens (including phenoxy) is 1. The fourth-order valence-corrected chi connectivity index (χ4v) is 2.89. The van der Waals surface area contributed by atoms with E-state index >= 15 is 0 Å². The molecule has 0 radical (unpaired) electrons. The molecule has 1 heterocycles. The van der Waals surface area contributed by atoms with Gasteiger partial charge in [0.1, 0.15) is 11.8 Å². The number of carbonyl (C=O) groups excluding carboxylic acids is 2. The lowest BCUT2D eigenvalue weighted by molar-refractivity contribution is -0.127. The van der Waals surface area contributed by atoms with Crippen molar-refractivity contribution >= 4 is 11.9 Å². The van der Waals surface area contributed by atoms with Crippen molar-refractivity contribution in [2.24, 2.45) is 0 Å². The summed E-state index contributed by atoms with van der Waals surface area (Å²) in [7, 11) is 0. The minimum absolute atomic E-state index is 0.163. The Morgan fingerprint density at radius 1 is 1.08 bits per heavy atom. The van der Waals surface area contributed by atoms with Crippen LogP contribution in [0.1, 0.15) is 17.5 Å². The van der Waals surface area contributed by atoms with E-state index in [-0.39, 0.29) is 11.9 Å². The van der Waals surface area contributed by atoms with Gasteiger partial charge in [0.15, 0.2) is 0 Å². The van der Waals surface area contributed by atoms with Crippen molar-refractivity contribution in [3.05, 3.63) is 65.7 Å². The number of hydrogen-bond acceptors (Lipinski definition) is 3. The molecule has 5 heteroatoms. The molecule has 5 nitrogen and oxygen atoms in total. The largest absolute Gasteiger partial charge is 0.494 e. The lowest BCUT2D eigenvalue weighted by Gasteiger charge is -2.13. The number of rotatable bonds is 7. The molecular formula is C20H22N2O3. The Morgan fingerprint density at radius 3 is 2.64 bits per heavy atom. The van der Waals surface area contributed by atoms with E-state index in [1.807, 2.05) is 61.5 Å². The Hall–Kier alpha value is -2.82. The van der Waals surface area contributed by atoms with Gasteiger partial charge in [-0.2, -0.15) is 0 Å². The van der Waals surface area contributed by atoms with Crippen LogP contribution in [0.25, 0.3) is 0 Å². The van der Waals surface area contributed by atoms with E-state index in [1.54, 1.807) is 0 Å². The maximum absolute atomic E-state index is 12.4. The molecule has 25 heavy (non-hydrogen) atoms. The van der Waals surface area contributed by atoms with E-state index in [2.05, 4.69) is 5.32 Å². The predicted octanol–water partition coefficient (Wildman–Crippen LogP) is 2.93. The number of carbonyl (C=O) groups is 2. The first-order chi connectivity index (χ1) is 12.1. The van der Waals surface area contributed by atoms with Gasteiger partial charge in [0.05, 0.1) is 6.61 Å². The fraction of sp³-hybridized carbons (Fsp3) is 0.300. The van der Waals surface area contributed by atoms with Crippen molar-refractivity contribution in [3.8, 4) is 5.75 Å². The van der Waals surface area contributed by atoms with Crippen LogP contribution in [-0.4, -0.2) is 36.0 Å². The minimum Gasteiger partial charge on any atom is -0.494 e. The second-order valence-corrected chi connectivity index (χ2v) is 6.20. The number of urea groups is 1. The summed E-state index contributed by atoms with van der Waals surface area (Å²) in [5, 5.41) is 2.76. The number of imide groups is 1. The van der Waals surface area contributed by atoms with Crippen LogP contribution in [0.3, 0.4) is 0 Å². The van der Waals surface area contributed by atoms with Crippen molar-refractivity contribution in [2.75, 3.05) is 13.2 Å². The van der Waals surface area contributed by atoms with Crippen molar-refractivity contribution in [3.63, 3.8) is 0 Å². The SMILES string of the molecule is Cc1cccc(OCCCN2C(=O)NC(Cc3ccccc3)C2=O)c1. The normalized spacial score (nSPS) is 16.8. The molecule has 0 saturated carbocycles. The molecule has 2 aromatic carbocycles. The van der Waals surface area contributed by atoms with Gasteiger partial charge >= 0.3 is 6.03 Å². The van der Waals surface area contributed by atoms with Gasteiger partial charge in [-0.3, -0.25) is 9.69 Å². The molecule has 1 unspecified atom stereocenters. The first kappa shape index (κ1) is 17.0. The summed E-state index contributed by atoms with van der Waals surface area (Å²) in [6.45, 7) is 2.83. The van der Waals surface area contributed by atoms with Crippen molar-refractivity contribution in [2.45, 2.75) is 25.8 Å². The van der Waals surface area contributed by atoms with Gasteiger partial charge in [-0.05, 0) is 36.6 Å². The second-order valence-electron chi connectivity index (χ2n) is 6.20. The summed E-state index contributed by atoms with van der Waals surface area (Å²) >= 11 is 0. The molecule has 0 aliphatic carbocycles. The number of nitrogens with one attached hydrogen (secondary N) is 1. The molecule has 0 spiro atoms. The van der Waals surface area contributed by atoms with Crippen molar-refractivity contribution < 1.29 is 14.3 Å². The topological polar surface area (TPSA) is 58.6 Å². The molecule has 1 saturated heterocycles. The van der Waals surface area contributed by atoms with Crippen molar-refractivity contribution in [1.82, 2.24) is 10.2 Å². The first-order valence-corrected chi connectivity index (χ1v) is 8.49. The smallest absolute Gasteiger partial charge is 0.324 e. The molecule has 0 bridgehead atoms.